The highest BCUT2D eigenvalue weighted by atomic mass is 35.5. The highest BCUT2D eigenvalue weighted by molar-refractivity contribution is 6.35. The van der Waals surface area contributed by atoms with Crippen molar-refractivity contribution in [1.29, 1.82) is 0 Å². The van der Waals surface area contributed by atoms with Crippen molar-refractivity contribution in [3.8, 4) is 5.75 Å². The Hall–Kier alpha value is -1.75. The molecule has 1 amide bonds. The van der Waals surface area contributed by atoms with E-state index in [-0.39, 0.29) is 11.9 Å². The normalized spacial score (nSPS) is 19.1. The van der Waals surface area contributed by atoms with Crippen molar-refractivity contribution < 1.29 is 9.53 Å². The summed E-state index contributed by atoms with van der Waals surface area (Å²) < 4.78 is 5.99. The number of nitrogens with one attached hydrogen (secondary N) is 1. The number of aryl methyl sites for hydroxylation is 1. The zero-order chi connectivity index (χ0) is 19.6. The molecule has 2 aromatic carbocycles. The molecule has 1 saturated heterocycles. The van der Waals surface area contributed by atoms with Crippen molar-refractivity contribution in [3.05, 3.63) is 57.6 Å². The van der Waals surface area contributed by atoms with Gasteiger partial charge in [0.15, 0.2) is 6.10 Å². The first kappa shape index (κ1) is 20.0. The first-order valence-electron chi connectivity index (χ1n) is 9.15. The summed E-state index contributed by atoms with van der Waals surface area (Å²) in [4.78, 5) is 14.8. The fourth-order valence-electron chi connectivity index (χ4n) is 3.27. The molecule has 1 heterocycles. The van der Waals surface area contributed by atoms with Gasteiger partial charge in [-0.3, -0.25) is 4.79 Å². The molecule has 0 radical (unpaired) electrons. The van der Waals surface area contributed by atoms with E-state index in [1.807, 2.05) is 24.0 Å². The molecule has 1 N–H and O–H groups in total. The molecular weight excluding hydrogens is 383 g/mol. The number of ether oxygens (including phenoxy) is 1. The average Bonchev–Trinajstić information content (AvgIpc) is 2.63. The number of rotatable bonds is 7. The van der Waals surface area contributed by atoms with Gasteiger partial charge in [-0.05, 0) is 62.2 Å². The molecule has 1 aliphatic heterocycles. The Morgan fingerprint density at radius 2 is 1.96 bits per heavy atom. The molecule has 3 rings (SSSR count). The fraction of sp³-hybridized carbons (Fsp3) is 0.381. The van der Waals surface area contributed by atoms with Gasteiger partial charge in [0, 0.05) is 17.3 Å². The summed E-state index contributed by atoms with van der Waals surface area (Å²) in [6.07, 6.45) is 0.450. The van der Waals surface area contributed by atoms with Crippen LogP contribution in [0.5, 0.6) is 5.75 Å². The van der Waals surface area contributed by atoms with Gasteiger partial charge >= 0.3 is 0 Å². The summed E-state index contributed by atoms with van der Waals surface area (Å²) in [5, 5.41) is 4.34. The second-order valence-corrected chi connectivity index (χ2v) is 7.66. The summed E-state index contributed by atoms with van der Waals surface area (Å²) in [7, 11) is 0. The van der Waals surface area contributed by atoms with E-state index in [9.17, 15) is 4.79 Å². The number of hydrogen-bond donors (Lipinski definition) is 1. The topological polar surface area (TPSA) is 41.6 Å². The number of anilines is 1. The van der Waals surface area contributed by atoms with Crippen LogP contribution in [0.4, 0.5) is 5.69 Å². The van der Waals surface area contributed by atoms with Crippen LogP contribution in [-0.2, 0) is 4.79 Å². The van der Waals surface area contributed by atoms with Crippen molar-refractivity contribution >= 4 is 34.8 Å². The maximum Gasteiger partial charge on any atom is 0.270 e. The van der Waals surface area contributed by atoms with Gasteiger partial charge in [-0.1, -0.05) is 42.3 Å². The van der Waals surface area contributed by atoms with Crippen LogP contribution in [0.3, 0.4) is 0 Å². The number of halogens is 2. The van der Waals surface area contributed by atoms with E-state index in [0.717, 1.165) is 29.8 Å². The number of benzene rings is 2. The fourth-order valence-corrected chi connectivity index (χ4v) is 3.73. The molecule has 0 bridgehead atoms. The van der Waals surface area contributed by atoms with E-state index < -0.39 is 6.10 Å². The lowest BCUT2D eigenvalue weighted by atomic mass is 9.94. The number of carbonyl (C=O) groups excluding carboxylic acids is 1. The Morgan fingerprint density at radius 3 is 2.67 bits per heavy atom. The van der Waals surface area contributed by atoms with E-state index in [1.165, 1.54) is 0 Å². The molecule has 144 valence electrons. The number of carbonyl (C=O) groups is 1. The van der Waals surface area contributed by atoms with Crippen molar-refractivity contribution in [1.82, 2.24) is 5.32 Å². The second-order valence-electron chi connectivity index (χ2n) is 6.81. The van der Waals surface area contributed by atoms with Gasteiger partial charge in [0.2, 0.25) is 0 Å². The SMILES string of the molecule is CCCNC[C@@H]1[C@H](Oc2ccc(Cl)cc2Cl)C(=O)N1c1cccc(C)c1C. The van der Waals surface area contributed by atoms with Gasteiger partial charge < -0.3 is 15.0 Å². The first-order chi connectivity index (χ1) is 12.9. The number of amides is 1. The van der Waals surface area contributed by atoms with Crippen LogP contribution in [0.2, 0.25) is 10.0 Å². The van der Waals surface area contributed by atoms with E-state index >= 15 is 0 Å². The Bertz CT molecular complexity index is 841. The molecular formula is C21H24Cl2N2O2. The van der Waals surface area contributed by atoms with Gasteiger partial charge in [0.05, 0.1) is 11.1 Å². The minimum atomic E-state index is -0.576. The molecule has 2 aromatic rings. The van der Waals surface area contributed by atoms with Crippen molar-refractivity contribution in [3.63, 3.8) is 0 Å². The van der Waals surface area contributed by atoms with Gasteiger partial charge in [-0.15, -0.1) is 0 Å². The maximum atomic E-state index is 13.0. The second kappa shape index (κ2) is 8.51. The Balaban J connectivity index is 1.85. The lowest BCUT2D eigenvalue weighted by Gasteiger charge is -2.47. The van der Waals surface area contributed by atoms with Gasteiger partial charge in [0.25, 0.3) is 5.91 Å². The highest BCUT2D eigenvalue weighted by Gasteiger charge is 2.50. The molecule has 0 aliphatic carbocycles. The minimum Gasteiger partial charge on any atom is -0.477 e. The van der Waals surface area contributed by atoms with Crippen LogP contribution in [0.1, 0.15) is 24.5 Å². The molecule has 4 nitrogen and oxygen atoms in total. The summed E-state index contributed by atoms with van der Waals surface area (Å²) in [6, 6.07) is 10.9. The first-order valence-corrected chi connectivity index (χ1v) is 9.91. The van der Waals surface area contributed by atoms with Gasteiger partial charge in [-0.25, -0.2) is 0 Å². The number of hydrogen-bond acceptors (Lipinski definition) is 3. The minimum absolute atomic E-state index is 0.0574. The summed E-state index contributed by atoms with van der Waals surface area (Å²) >= 11 is 12.2. The molecule has 0 aromatic heterocycles. The smallest absolute Gasteiger partial charge is 0.270 e. The van der Waals surface area contributed by atoms with Crippen LogP contribution in [-0.4, -0.2) is 31.1 Å². The van der Waals surface area contributed by atoms with Crippen molar-refractivity contribution in [2.45, 2.75) is 39.3 Å². The lowest BCUT2D eigenvalue weighted by Crippen LogP contribution is -2.70. The summed E-state index contributed by atoms with van der Waals surface area (Å²) in [6.45, 7) is 7.75. The van der Waals surface area contributed by atoms with Crippen molar-refractivity contribution in [2.24, 2.45) is 0 Å². The predicted molar refractivity (Wildman–Crippen MR) is 111 cm³/mol. The molecule has 2 atom stereocenters. The third kappa shape index (κ3) is 4.08. The number of nitrogens with zero attached hydrogens (tertiary/aromatic N) is 1. The van der Waals surface area contributed by atoms with E-state index in [2.05, 4.69) is 25.2 Å². The van der Waals surface area contributed by atoms with E-state index in [4.69, 9.17) is 27.9 Å². The Kier molecular flexibility index (Phi) is 6.30. The maximum absolute atomic E-state index is 13.0. The summed E-state index contributed by atoms with van der Waals surface area (Å²) in [5.74, 6) is 0.415. The van der Waals surface area contributed by atoms with Crippen LogP contribution in [0, 0.1) is 13.8 Å². The molecule has 1 aliphatic rings. The summed E-state index contributed by atoms with van der Waals surface area (Å²) in [5.41, 5.74) is 3.20. The molecule has 1 fully saturated rings. The largest absolute Gasteiger partial charge is 0.477 e. The van der Waals surface area contributed by atoms with Gasteiger partial charge in [0.1, 0.15) is 5.75 Å². The molecule has 0 saturated carbocycles. The zero-order valence-corrected chi connectivity index (χ0v) is 17.3. The van der Waals surface area contributed by atoms with Crippen molar-refractivity contribution in [2.75, 3.05) is 18.0 Å². The predicted octanol–water partition coefficient (Wildman–Crippen LogP) is 4.77. The zero-order valence-electron chi connectivity index (χ0n) is 15.8. The van der Waals surface area contributed by atoms with Crippen LogP contribution in [0.15, 0.2) is 36.4 Å². The molecule has 27 heavy (non-hydrogen) atoms. The quantitative estimate of drug-likeness (QED) is 0.531. The van der Waals surface area contributed by atoms with Crippen LogP contribution in [0.25, 0.3) is 0 Å². The van der Waals surface area contributed by atoms with E-state index in [1.54, 1.807) is 18.2 Å². The highest BCUT2D eigenvalue weighted by Crippen LogP contribution is 2.36. The standard InChI is InChI=1S/C21H24Cl2N2O2/c1-4-10-24-12-18-20(27-19-9-8-15(22)11-16(19)23)21(26)25(18)17-7-5-6-13(2)14(17)3/h5-9,11,18,20,24H,4,10,12H2,1-3H3/t18-,20+/m1/s1. The van der Waals surface area contributed by atoms with Gasteiger partial charge in [-0.2, -0.15) is 0 Å². The third-order valence-corrected chi connectivity index (χ3v) is 5.46. The lowest BCUT2D eigenvalue weighted by molar-refractivity contribution is -0.134. The van der Waals surface area contributed by atoms with E-state index in [0.29, 0.717) is 22.3 Å². The molecule has 0 spiro atoms. The third-order valence-electron chi connectivity index (χ3n) is 4.93. The molecule has 6 heteroatoms. The number of β-lactam (4-membered cyclic amide) rings is 1. The van der Waals surface area contributed by atoms with Crippen LogP contribution >= 0.6 is 23.2 Å². The van der Waals surface area contributed by atoms with Crippen LogP contribution < -0.4 is 15.0 Å². The Labute approximate surface area is 170 Å². The average molecular weight is 407 g/mol. The molecule has 0 unspecified atom stereocenters. The Morgan fingerprint density at radius 1 is 1.19 bits per heavy atom. The monoisotopic (exact) mass is 406 g/mol.